The fraction of sp³-hybridized carbons (Fsp3) is 0.500. The molecule has 1 aliphatic carbocycles. The van der Waals surface area contributed by atoms with Gasteiger partial charge in [-0.05, 0) is 49.9 Å². The molecule has 0 radical (unpaired) electrons. The van der Waals surface area contributed by atoms with Crippen molar-refractivity contribution < 1.29 is 31.1 Å². The summed E-state index contributed by atoms with van der Waals surface area (Å²) in [6, 6.07) is 6.08. The third-order valence-corrected chi connectivity index (χ3v) is 7.67. The number of rotatable bonds is 6. The van der Waals surface area contributed by atoms with Crippen molar-refractivity contribution in [1.29, 1.82) is 5.26 Å². The number of nitrogens with one attached hydrogen (secondary N) is 1. The summed E-state index contributed by atoms with van der Waals surface area (Å²) in [6.07, 6.45) is -5.52. The average molecular weight is 606 g/mol. The zero-order valence-corrected chi connectivity index (χ0v) is 22.7. The van der Waals surface area contributed by atoms with E-state index in [1.807, 2.05) is 9.80 Å². The van der Waals surface area contributed by atoms with Crippen LogP contribution in [0.25, 0.3) is 0 Å². The van der Waals surface area contributed by atoms with E-state index < -0.39 is 29.0 Å². The van der Waals surface area contributed by atoms with E-state index >= 15 is 0 Å². The summed E-state index contributed by atoms with van der Waals surface area (Å²) in [6.45, 7) is 2.31. The van der Waals surface area contributed by atoms with Crippen LogP contribution in [0.1, 0.15) is 42.4 Å². The number of benzene rings is 1. The second-order valence-electron chi connectivity index (χ2n) is 9.69. The molecule has 0 unspecified atom stereocenters. The Kier molecular flexibility index (Phi) is 9.32. The summed E-state index contributed by atoms with van der Waals surface area (Å²) >= 11 is 11.6. The van der Waals surface area contributed by atoms with E-state index in [4.69, 9.17) is 33.8 Å². The van der Waals surface area contributed by atoms with Crippen molar-refractivity contribution in [3.05, 3.63) is 52.2 Å². The Morgan fingerprint density at radius 3 is 2.30 bits per heavy atom. The predicted octanol–water partition coefficient (Wildman–Crippen LogP) is 6.53. The molecule has 2 heterocycles. The molecule has 216 valence electrons. The van der Waals surface area contributed by atoms with Gasteiger partial charge in [-0.3, -0.25) is 0 Å². The highest BCUT2D eigenvalue weighted by atomic mass is 35.5. The van der Waals surface area contributed by atoms with Gasteiger partial charge in [0.15, 0.2) is 0 Å². The maximum atomic E-state index is 13.2. The largest absolute Gasteiger partial charge is 0.417 e. The molecule has 0 amide bonds. The highest BCUT2D eigenvalue weighted by Gasteiger charge is 2.35. The monoisotopic (exact) mass is 605 g/mol. The van der Waals surface area contributed by atoms with Crippen molar-refractivity contribution in [3.63, 3.8) is 0 Å². The van der Waals surface area contributed by atoms with Crippen molar-refractivity contribution in [2.45, 2.75) is 50.2 Å². The van der Waals surface area contributed by atoms with E-state index in [1.54, 1.807) is 6.07 Å². The Morgan fingerprint density at radius 2 is 1.73 bits per heavy atom. The maximum Gasteiger partial charge on any atom is 0.417 e. The molecule has 1 N–H and O–H groups in total. The molecule has 14 heteroatoms. The van der Waals surface area contributed by atoms with Gasteiger partial charge < -0.3 is 19.9 Å². The number of alkyl halides is 6. The molecule has 0 spiro atoms. The minimum absolute atomic E-state index is 0.0143. The number of hydrogen-bond donors (Lipinski definition) is 1. The fourth-order valence-electron chi connectivity index (χ4n) is 4.84. The number of thiocarbonyl (C=S) groups is 1. The molecule has 4 rings (SSSR count). The van der Waals surface area contributed by atoms with Gasteiger partial charge in [-0.2, -0.15) is 31.6 Å². The summed E-state index contributed by atoms with van der Waals surface area (Å²) in [5.74, 6) is 0.303. The Hall–Kier alpha value is -2.82. The molecule has 1 aromatic heterocycles. The predicted molar refractivity (Wildman–Crippen MR) is 142 cm³/mol. The highest BCUT2D eigenvalue weighted by molar-refractivity contribution is 7.80. The van der Waals surface area contributed by atoms with Gasteiger partial charge in [-0.15, -0.1) is 0 Å². The van der Waals surface area contributed by atoms with E-state index in [9.17, 15) is 26.3 Å². The lowest BCUT2D eigenvalue weighted by molar-refractivity contribution is -0.138. The number of hydrogen-bond acceptors (Lipinski definition) is 6. The van der Waals surface area contributed by atoms with Crippen molar-refractivity contribution >= 4 is 40.3 Å². The van der Waals surface area contributed by atoms with Gasteiger partial charge in [-0.25, -0.2) is 4.98 Å². The van der Waals surface area contributed by atoms with Gasteiger partial charge >= 0.3 is 12.4 Å². The zero-order valence-electron chi connectivity index (χ0n) is 21.2. The third kappa shape index (κ3) is 7.47. The second-order valence-corrected chi connectivity index (χ2v) is 10.6. The van der Waals surface area contributed by atoms with E-state index in [1.165, 1.54) is 12.1 Å². The van der Waals surface area contributed by atoms with Crippen molar-refractivity contribution in [3.8, 4) is 6.07 Å². The SMILES string of the molecule is N#Cc1ccc(NC2CCC(OCC(=S)N3CCN(c4ncc(C(F)(F)F)cc4Cl)CC3)CC2)cc1C(F)(F)F. The summed E-state index contributed by atoms with van der Waals surface area (Å²) in [5, 5.41) is 12.0. The van der Waals surface area contributed by atoms with Crippen molar-refractivity contribution in [2.24, 2.45) is 0 Å². The number of aromatic nitrogens is 1. The molecule has 1 aromatic carbocycles. The first-order chi connectivity index (χ1) is 18.8. The molecule has 0 atom stereocenters. The van der Waals surface area contributed by atoms with Gasteiger partial charge in [0.2, 0.25) is 0 Å². The second kappa shape index (κ2) is 12.4. The molecule has 1 saturated heterocycles. The molecular formula is C26H26ClF6N5OS. The van der Waals surface area contributed by atoms with Gasteiger partial charge in [0.25, 0.3) is 0 Å². The summed E-state index contributed by atoms with van der Waals surface area (Å²) in [4.78, 5) is 8.36. The van der Waals surface area contributed by atoms with Crippen LogP contribution in [0, 0.1) is 11.3 Å². The number of nitrogens with zero attached hydrogens (tertiary/aromatic N) is 4. The molecule has 1 saturated carbocycles. The van der Waals surface area contributed by atoms with Crippen LogP contribution in [0.15, 0.2) is 30.5 Å². The van der Waals surface area contributed by atoms with Crippen LogP contribution in [-0.2, 0) is 17.1 Å². The highest BCUT2D eigenvalue weighted by Crippen LogP contribution is 2.35. The fourth-order valence-corrected chi connectivity index (χ4v) is 5.38. The normalized spacial score (nSPS) is 20.2. The first kappa shape index (κ1) is 30.1. The number of piperazine rings is 1. The molecule has 2 aromatic rings. The topological polar surface area (TPSA) is 64.4 Å². The first-order valence-electron chi connectivity index (χ1n) is 12.6. The average Bonchev–Trinajstić information content (AvgIpc) is 2.91. The maximum absolute atomic E-state index is 13.2. The number of anilines is 2. The molecule has 1 aliphatic heterocycles. The summed E-state index contributed by atoms with van der Waals surface area (Å²) in [7, 11) is 0. The lowest BCUT2D eigenvalue weighted by Crippen LogP contribution is -2.49. The van der Waals surface area contributed by atoms with Gasteiger partial charge in [-0.1, -0.05) is 23.8 Å². The molecule has 40 heavy (non-hydrogen) atoms. The minimum Gasteiger partial charge on any atom is -0.382 e. The van der Waals surface area contributed by atoms with Gasteiger partial charge in [0, 0.05) is 44.1 Å². The van der Waals surface area contributed by atoms with E-state index in [0.717, 1.165) is 18.3 Å². The molecule has 2 fully saturated rings. The van der Waals surface area contributed by atoms with Crippen molar-refractivity contribution in [2.75, 3.05) is 43.0 Å². The number of ether oxygens (including phenoxy) is 1. The standard InChI is InChI=1S/C26H26ClF6N5OS/c27-22-11-17(25(28,29)30)14-35-24(22)38-9-7-37(8-10-38)23(40)15-39-20-5-3-18(4-6-20)36-19-2-1-16(13-34)21(12-19)26(31,32)33/h1-2,11-12,14,18,20,36H,3-10,15H2. The Morgan fingerprint density at radius 1 is 1.05 bits per heavy atom. The van der Waals surface area contributed by atoms with E-state index in [-0.39, 0.29) is 23.8 Å². The number of halogens is 7. The minimum atomic E-state index is -4.61. The van der Waals surface area contributed by atoms with Gasteiger partial charge in [0.05, 0.1) is 40.5 Å². The zero-order chi connectivity index (χ0) is 29.1. The Bertz CT molecular complexity index is 1250. The third-order valence-electron chi connectivity index (χ3n) is 7.01. The number of nitriles is 1. The van der Waals surface area contributed by atoms with Crippen LogP contribution in [0.5, 0.6) is 0 Å². The summed E-state index contributed by atoms with van der Waals surface area (Å²) in [5.41, 5.74) is -1.94. The first-order valence-corrected chi connectivity index (χ1v) is 13.4. The van der Waals surface area contributed by atoms with Gasteiger partial charge in [0.1, 0.15) is 10.8 Å². The quantitative estimate of drug-likeness (QED) is 0.297. The lowest BCUT2D eigenvalue weighted by atomic mass is 9.92. The van der Waals surface area contributed by atoms with Crippen molar-refractivity contribution in [1.82, 2.24) is 9.88 Å². The smallest absolute Gasteiger partial charge is 0.382 e. The molecular weight excluding hydrogens is 580 g/mol. The lowest BCUT2D eigenvalue weighted by Gasteiger charge is -2.37. The van der Waals surface area contributed by atoms with Crippen LogP contribution >= 0.6 is 23.8 Å². The van der Waals surface area contributed by atoms with Crippen LogP contribution in [-0.4, -0.2) is 59.8 Å². The van der Waals surface area contributed by atoms with Crippen LogP contribution < -0.4 is 10.2 Å². The number of pyridine rings is 1. The van der Waals surface area contributed by atoms with E-state index in [0.29, 0.717) is 68.4 Å². The molecule has 0 bridgehead atoms. The summed E-state index contributed by atoms with van der Waals surface area (Å²) < 4.78 is 84.4. The van der Waals surface area contributed by atoms with Crippen LogP contribution in [0.4, 0.5) is 37.8 Å². The molecule has 6 nitrogen and oxygen atoms in total. The van der Waals surface area contributed by atoms with Crippen LogP contribution in [0.3, 0.4) is 0 Å². The molecule has 2 aliphatic rings. The van der Waals surface area contributed by atoms with E-state index in [2.05, 4.69) is 10.3 Å². The van der Waals surface area contributed by atoms with Crippen LogP contribution in [0.2, 0.25) is 5.02 Å². The Balaban J connectivity index is 1.20. The Labute approximate surface area is 237 Å².